The number of hydrogen-bond acceptors (Lipinski definition) is 2. The van der Waals surface area contributed by atoms with Gasteiger partial charge in [-0.05, 0) is 66.9 Å². The van der Waals surface area contributed by atoms with E-state index >= 15 is 0 Å². The van der Waals surface area contributed by atoms with Gasteiger partial charge in [0.15, 0.2) is 0 Å². The van der Waals surface area contributed by atoms with Crippen LogP contribution in [0.3, 0.4) is 0 Å². The summed E-state index contributed by atoms with van der Waals surface area (Å²) in [5, 5.41) is 0. The van der Waals surface area contributed by atoms with Crippen LogP contribution in [0.5, 0.6) is 5.75 Å². The number of benzene rings is 3. The van der Waals surface area contributed by atoms with Crippen molar-refractivity contribution in [1.82, 2.24) is 4.90 Å². The number of rotatable bonds is 10. The standard InChI is InChI=1S/C28H33NO/c1-4-5-16-27(23-12-8-6-9-13-23)28(24-14-10-7-11-15-24)25-17-19-26(20-18-25)30-22-21-29(2)3/h6-15,17-20H,4-5,16,21-22H2,1-3H3. The third kappa shape index (κ3) is 6.08. The molecule has 0 heterocycles. The van der Waals surface area contributed by atoms with Gasteiger partial charge in [-0.25, -0.2) is 0 Å². The van der Waals surface area contributed by atoms with Crippen molar-refractivity contribution in [2.24, 2.45) is 0 Å². The second-order valence-electron chi connectivity index (χ2n) is 7.87. The third-order valence-electron chi connectivity index (χ3n) is 5.22. The van der Waals surface area contributed by atoms with E-state index in [-0.39, 0.29) is 0 Å². The molecule has 0 atom stereocenters. The highest BCUT2D eigenvalue weighted by molar-refractivity contribution is 5.98. The summed E-state index contributed by atoms with van der Waals surface area (Å²) in [6, 6.07) is 30.1. The van der Waals surface area contributed by atoms with Gasteiger partial charge in [0.05, 0.1) is 0 Å². The quantitative estimate of drug-likeness (QED) is 0.349. The van der Waals surface area contributed by atoms with E-state index in [0.29, 0.717) is 6.61 Å². The average molecular weight is 400 g/mol. The molecule has 0 spiro atoms. The molecule has 0 aliphatic rings. The van der Waals surface area contributed by atoms with Gasteiger partial charge in [0.1, 0.15) is 12.4 Å². The third-order valence-corrected chi connectivity index (χ3v) is 5.22. The predicted molar refractivity (Wildman–Crippen MR) is 129 cm³/mol. The van der Waals surface area contributed by atoms with Gasteiger partial charge in [0.25, 0.3) is 0 Å². The van der Waals surface area contributed by atoms with E-state index in [0.717, 1.165) is 18.7 Å². The molecule has 0 aliphatic heterocycles. The van der Waals surface area contributed by atoms with Crippen LogP contribution in [0.4, 0.5) is 0 Å². The minimum atomic E-state index is 0.694. The summed E-state index contributed by atoms with van der Waals surface area (Å²) >= 11 is 0. The molecule has 30 heavy (non-hydrogen) atoms. The highest BCUT2D eigenvalue weighted by Gasteiger charge is 2.14. The van der Waals surface area contributed by atoms with Crippen molar-refractivity contribution in [3.05, 3.63) is 102 Å². The molecule has 0 aromatic heterocycles. The molecule has 2 nitrogen and oxygen atoms in total. The lowest BCUT2D eigenvalue weighted by molar-refractivity contribution is 0.261. The molecule has 156 valence electrons. The van der Waals surface area contributed by atoms with Crippen LogP contribution >= 0.6 is 0 Å². The Morgan fingerprint density at radius 2 is 1.30 bits per heavy atom. The molecule has 3 aromatic rings. The van der Waals surface area contributed by atoms with Crippen LogP contribution in [-0.2, 0) is 0 Å². The molecule has 0 fully saturated rings. The van der Waals surface area contributed by atoms with Crippen molar-refractivity contribution >= 4 is 11.1 Å². The zero-order valence-corrected chi connectivity index (χ0v) is 18.5. The van der Waals surface area contributed by atoms with Gasteiger partial charge in [0, 0.05) is 6.54 Å². The highest BCUT2D eigenvalue weighted by Crippen LogP contribution is 2.36. The van der Waals surface area contributed by atoms with Crippen LogP contribution in [-0.4, -0.2) is 32.1 Å². The van der Waals surface area contributed by atoms with Crippen LogP contribution in [0.1, 0.15) is 42.9 Å². The summed E-state index contributed by atoms with van der Waals surface area (Å²) in [7, 11) is 4.12. The van der Waals surface area contributed by atoms with Crippen molar-refractivity contribution < 1.29 is 4.74 Å². The molecule has 0 unspecified atom stereocenters. The fourth-order valence-corrected chi connectivity index (χ4v) is 3.59. The van der Waals surface area contributed by atoms with Gasteiger partial charge in [-0.15, -0.1) is 0 Å². The zero-order valence-electron chi connectivity index (χ0n) is 18.5. The fraction of sp³-hybridized carbons (Fsp3) is 0.286. The van der Waals surface area contributed by atoms with E-state index in [9.17, 15) is 0 Å². The average Bonchev–Trinajstić information content (AvgIpc) is 2.78. The van der Waals surface area contributed by atoms with E-state index in [4.69, 9.17) is 4.74 Å². The van der Waals surface area contributed by atoms with E-state index in [1.165, 1.54) is 40.7 Å². The Kier molecular flexibility index (Phi) is 8.29. The second kappa shape index (κ2) is 11.4. The molecule has 2 heteroatoms. The van der Waals surface area contributed by atoms with Crippen molar-refractivity contribution in [2.75, 3.05) is 27.2 Å². The smallest absolute Gasteiger partial charge is 0.119 e. The minimum Gasteiger partial charge on any atom is -0.492 e. The molecular weight excluding hydrogens is 366 g/mol. The predicted octanol–water partition coefficient (Wildman–Crippen LogP) is 6.78. The molecule has 3 aromatic carbocycles. The van der Waals surface area contributed by atoms with Crippen molar-refractivity contribution in [3.63, 3.8) is 0 Å². The van der Waals surface area contributed by atoms with Crippen LogP contribution in [0, 0.1) is 0 Å². The summed E-state index contributed by atoms with van der Waals surface area (Å²) in [5.74, 6) is 0.919. The van der Waals surface area contributed by atoms with Gasteiger partial charge in [-0.2, -0.15) is 0 Å². The van der Waals surface area contributed by atoms with Crippen LogP contribution in [0.2, 0.25) is 0 Å². The first-order valence-corrected chi connectivity index (χ1v) is 10.9. The Morgan fingerprint density at radius 3 is 1.87 bits per heavy atom. The van der Waals surface area contributed by atoms with Crippen molar-refractivity contribution in [3.8, 4) is 5.75 Å². The SMILES string of the molecule is CCCCC(=C(c1ccccc1)c1ccc(OCCN(C)C)cc1)c1ccccc1. The largest absolute Gasteiger partial charge is 0.492 e. The minimum absolute atomic E-state index is 0.694. The Morgan fingerprint density at radius 1 is 0.733 bits per heavy atom. The topological polar surface area (TPSA) is 12.5 Å². The van der Waals surface area contributed by atoms with E-state index in [1.54, 1.807) is 0 Å². The summed E-state index contributed by atoms with van der Waals surface area (Å²) < 4.78 is 5.91. The van der Waals surface area contributed by atoms with E-state index in [2.05, 4.69) is 111 Å². The number of allylic oxidation sites excluding steroid dienone is 1. The van der Waals surface area contributed by atoms with Crippen molar-refractivity contribution in [1.29, 1.82) is 0 Å². The molecule has 0 bridgehead atoms. The van der Waals surface area contributed by atoms with Gasteiger partial charge in [-0.3, -0.25) is 0 Å². The van der Waals surface area contributed by atoms with Gasteiger partial charge >= 0.3 is 0 Å². The molecular formula is C28H33NO. The van der Waals surface area contributed by atoms with Gasteiger partial charge in [-0.1, -0.05) is 86.1 Å². The molecule has 0 N–H and O–H groups in total. The highest BCUT2D eigenvalue weighted by atomic mass is 16.5. The van der Waals surface area contributed by atoms with Gasteiger partial charge in [0.2, 0.25) is 0 Å². The summed E-state index contributed by atoms with van der Waals surface area (Å²) in [5.41, 5.74) is 6.51. The molecule has 0 saturated carbocycles. The van der Waals surface area contributed by atoms with Crippen molar-refractivity contribution in [2.45, 2.75) is 26.2 Å². The number of nitrogens with zero attached hydrogens (tertiary/aromatic N) is 1. The normalized spacial score (nSPS) is 12.0. The van der Waals surface area contributed by atoms with Crippen LogP contribution in [0.15, 0.2) is 84.9 Å². The lowest BCUT2D eigenvalue weighted by Crippen LogP contribution is -2.19. The number of hydrogen-bond donors (Lipinski definition) is 0. The zero-order chi connectivity index (χ0) is 21.2. The molecule has 3 rings (SSSR count). The number of likely N-dealkylation sites (N-methyl/N-ethyl adjacent to an activating group) is 1. The summed E-state index contributed by atoms with van der Waals surface area (Å²) in [4.78, 5) is 2.13. The van der Waals surface area contributed by atoms with E-state index in [1.807, 2.05) is 0 Å². The van der Waals surface area contributed by atoms with Crippen LogP contribution < -0.4 is 4.74 Å². The summed E-state index contributed by atoms with van der Waals surface area (Å²) in [6.45, 7) is 3.86. The molecule has 0 radical (unpaired) electrons. The van der Waals surface area contributed by atoms with E-state index < -0.39 is 0 Å². The first-order chi connectivity index (χ1) is 14.7. The summed E-state index contributed by atoms with van der Waals surface area (Å²) in [6.07, 6.45) is 3.41. The van der Waals surface area contributed by atoms with Gasteiger partial charge < -0.3 is 9.64 Å². The Bertz CT molecular complexity index is 912. The maximum atomic E-state index is 5.91. The molecule has 0 amide bonds. The fourth-order valence-electron chi connectivity index (χ4n) is 3.59. The maximum Gasteiger partial charge on any atom is 0.119 e. The number of ether oxygens (including phenoxy) is 1. The maximum absolute atomic E-state index is 5.91. The first-order valence-electron chi connectivity index (χ1n) is 10.9. The lowest BCUT2D eigenvalue weighted by atomic mass is 9.87. The first kappa shape index (κ1) is 21.9. The Labute approximate surface area is 181 Å². The molecule has 0 aliphatic carbocycles. The monoisotopic (exact) mass is 399 g/mol. The van der Waals surface area contributed by atoms with Crippen LogP contribution in [0.25, 0.3) is 11.1 Å². The number of unbranched alkanes of at least 4 members (excludes halogenated alkanes) is 1. The lowest BCUT2D eigenvalue weighted by Gasteiger charge is -2.18. The Balaban J connectivity index is 2.03. The Hall–Kier alpha value is -2.84. The second-order valence-corrected chi connectivity index (χ2v) is 7.87. The molecule has 0 saturated heterocycles.